The molecule has 0 bridgehead atoms. The van der Waals surface area contributed by atoms with Crippen LogP contribution in [0.15, 0.2) is 94.8 Å². The van der Waals surface area contributed by atoms with Crippen molar-refractivity contribution < 1.29 is 35.1 Å². The first-order chi connectivity index (χ1) is 19.8. The Bertz CT molecular complexity index is 1600. The van der Waals surface area contributed by atoms with Crippen LogP contribution in [0.1, 0.15) is 36.6 Å². The first-order valence-corrected chi connectivity index (χ1v) is 15.8. The minimum Gasteiger partial charge on any atom is -0.488 e. The summed E-state index contributed by atoms with van der Waals surface area (Å²) < 4.78 is 78.9. The van der Waals surface area contributed by atoms with E-state index < -0.39 is 20.2 Å². The van der Waals surface area contributed by atoms with Crippen molar-refractivity contribution in [3.63, 3.8) is 0 Å². The van der Waals surface area contributed by atoms with Crippen LogP contribution in [0.3, 0.4) is 0 Å². The van der Waals surface area contributed by atoms with E-state index >= 15 is 0 Å². The van der Waals surface area contributed by atoms with Crippen molar-refractivity contribution in [2.45, 2.75) is 49.8 Å². The summed E-state index contributed by atoms with van der Waals surface area (Å²) in [5.74, 6) is 0.671. The van der Waals surface area contributed by atoms with E-state index in [1.807, 2.05) is 42.8 Å². The first kappa shape index (κ1) is 34.6. The minimum atomic E-state index is -4.02. The highest BCUT2D eigenvalue weighted by molar-refractivity contribution is 7.86. The Morgan fingerprint density at radius 2 is 1.43 bits per heavy atom. The average Bonchev–Trinajstić information content (AvgIpc) is 3.35. The summed E-state index contributed by atoms with van der Waals surface area (Å²) in [5, 5.41) is 0. The van der Waals surface area contributed by atoms with Crippen molar-refractivity contribution in [1.29, 1.82) is 0 Å². The van der Waals surface area contributed by atoms with Gasteiger partial charge in [-0.1, -0.05) is 48.7 Å². The number of rotatable bonds is 9. The molecule has 4 rings (SSSR count). The van der Waals surface area contributed by atoms with Gasteiger partial charge in [-0.25, -0.2) is 9.37 Å². The highest BCUT2D eigenvalue weighted by atomic mass is 32.2. The summed E-state index contributed by atoms with van der Waals surface area (Å²) in [7, 11) is -8.04. The molecule has 13 heteroatoms. The number of pyridine rings is 1. The van der Waals surface area contributed by atoms with Crippen LogP contribution < -0.4 is 10.5 Å². The van der Waals surface area contributed by atoms with Crippen molar-refractivity contribution in [3.05, 3.63) is 102 Å². The molecule has 0 aliphatic carbocycles. The lowest BCUT2D eigenvalue weighted by Crippen LogP contribution is -2.10. The Morgan fingerprint density at radius 1 is 0.905 bits per heavy atom. The third kappa shape index (κ3) is 11.7. The summed E-state index contributed by atoms with van der Waals surface area (Å²) in [6, 6.07) is 15.7. The van der Waals surface area contributed by atoms with Crippen molar-refractivity contribution in [2.75, 3.05) is 13.2 Å². The van der Waals surface area contributed by atoms with Crippen LogP contribution in [0, 0.1) is 13.8 Å². The fourth-order valence-electron chi connectivity index (χ4n) is 3.32. The number of imidazole rings is 1. The lowest BCUT2D eigenvalue weighted by atomic mass is 10.2. The quantitative estimate of drug-likeness (QED) is 0.209. The fraction of sp³-hybridized carbons (Fsp3) is 0.276. The largest absolute Gasteiger partial charge is 0.488 e. The molecule has 0 unspecified atom stereocenters. The predicted molar refractivity (Wildman–Crippen MR) is 160 cm³/mol. The number of fused-ring (bicyclic) bond motifs is 1. The highest BCUT2D eigenvalue weighted by Crippen LogP contribution is 2.16. The third-order valence-electron chi connectivity index (χ3n) is 5.74. The molecule has 42 heavy (non-hydrogen) atoms. The van der Waals surface area contributed by atoms with Crippen LogP contribution in [0.4, 0.5) is 4.39 Å². The van der Waals surface area contributed by atoms with Crippen LogP contribution in [-0.2, 0) is 26.7 Å². The second-order valence-corrected chi connectivity index (χ2v) is 12.1. The van der Waals surface area contributed by atoms with Crippen molar-refractivity contribution in [1.82, 2.24) is 9.38 Å². The van der Waals surface area contributed by atoms with Gasteiger partial charge in [0.05, 0.1) is 28.0 Å². The number of nitrogens with two attached hydrogens (primary N) is 1. The van der Waals surface area contributed by atoms with Gasteiger partial charge < -0.3 is 14.9 Å². The number of halogens is 1. The molecule has 0 saturated heterocycles. The molecule has 0 saturated carbocycles. The van der Waals surface area contributed by atoms with Gasteiger partial charge in [0, 0.05) is 18.3 Å². The predicted octanol–water partition coefficient (Wildman–Crippen LogP) is 5.35. The Balaban J connectivity index is 0.000000239. The molecule has 228 valence electrons. The molecule has 0 aliphatic rings. The molecule has 0 spiro atoms. The van der Waals surface area contributed by atoms with Crippen molar-refractivity contribution in [2.24, 2.45) is 5.73 Å². The zero-order valence-corrected chi connectivity index (χ0v) is 25.3. The van der Waals surface area contributed by atoms with Gasteiger partial charge in [-0.15, -0.1) is 0 Å². The molecule has 2 aromatic carbocycles. The summed E-state index contributed by atoms with van der Waals surface area (Å²) in [5.41, 5.74) is 9.70. The highest BCUT2D eigenvalue weighted by Gasteiger charge is 2.08. The Labute approximate surface area is 246 Å². The van der Waals surface area contributed by atoms with Gasteiger partial charge in [-0.05, 0) is 63.1 Å². The molecular weight excluding hydrogens is 585 g/mol. The summed E-state index contributed by atoms with van der Waals surface area (Å²) in [4.78, 5) is 4.40. The minimum absolute atomic E-state index is 0.0666. The molecule has 10 nitrogen and oxygen atoms in total. The van der Waals surface area contributed by atoms with E-state index in [9.17, 15) is 21.2 Å². The van der Waals surface area contributed by atoms with Gasteiger partial charge in [0.25, 0.3) is 20.2 Å². The number of aryl methyl sites for hydroxylation is 3. The van der Waals surface area contributed by atoms with Crippen LogP contribution in [0.2, 0.25) is 0 Å². The van der Waals surface area contributed by atoms with Gasteiger partial charge in [0.2, 0.25) is 0 Å². The molecule has 0 amide bonds. The zero-order chi connectivity index (χ0) is 31.3. The number of benzene rings is 2. The van der Waals surface area contributed by atoms with E-state index in [0.29, 0.717) is 17.7 Å². The Kier molecular flexibility index (Phi) is 13.3. The number of unbranched alkanes of at least 4 members (excludes halogenated alkanes) is 1. The number of ether oxygens (including phenoxy) is 1. The second-order valence-electron chi connectivity index (χ2n) is 9.30. The van der Waals surface area contributed by atoms with E-state index in [1.54, 1.807) is 24.3 Å². The van der Waals surface area contributed by atoms with Crippen LogP contribution in [-0.4, -0.2) is 48.5 Å². The maximum absolute atomic E-state index is 12.4. The summed E-state index contributed by atoms with van der Waals surface area (Å²) in [6.07, 6.45) is 7.62. The van der Waals surface area contributed by atoms with Crippen molar-refractivity contribution in [3.8, 4) is 5.75 Å². The molecule has 2 heterocycles. The lowest BCUT2D eigenvalue weighted by molar-refractivity contribution is 0.346. The first-order valence-electron chi connectivity index (χ1n) is 12.9. The second kappa shape index (κ2) is 16.1. The van der Waals surface area contributed by atoms with Crippen LogP contribution >= 0.6 is 0 Å². The molecule has 0 aliphatic heterocycles. The molecule has 0 radical (unpaired) electrons. The SMILES string of the molecule is CCCCc1cn2cc(OC/C(=C/F)CN)ccc2n1.Cc1ccc(S(=O)(=O)O)cc1.Cc1ccc(S(=O)(=O)O)cc1. The number of hydrogen-bond donors (Lipinski definition) is 3. The van der Waals surface area contributed by atoms with E-state index in [1.165, 1.54) is 24.3 Å². The molecule has 0 atom stereocenters. The number of hydrogen-bond acceptors (Lipinski definition) is 7. The maximum Gasteiger partial charge on any atom is 0.294 e. The Hall–Kier alpha value is -3.62. The van der Waals surface area contributed by atoms with Crippen LogP contribution in [0.25, 0.3) is 5.65 Å². The average molecular weight is 622 g/mol. The molecule has 0 fully saturated rings. The summed E-state index contributed by atoms with van der Waals surface area (Å²) in [6.45, 7) is 6.16. The van der Waals surface area contributed by atoms with Gasteiger partial charge in [-0.3, -0.25) is 9.11 Å². The van der Waals surface area contributed by atoms with Gasteiger partial charge >= 0.3 is 0 Å². The molecule has 4 N–H and O–H groups in total. The lowest BCUT2D eigenvalue weighted by Gasteiger charge is -2.07. The topological polar surface area (TPSA) is 161 Å². The standard InChI is InChI=1S/C15H20FN3O.2C7H8O3S/c1-2-3-4-13-9-19-10-14(5-6-15(19)18-13)20-11-12(7-16)8-17;2*1-6-2-4-7(5-3-6)11(8,9)10/h5-7,9-10H,2-4,8,11,17H2,1H3;2*2-5H,1H3,(H,8,9,10)/b12-7+;;. The normalized spacial score (nSPS) is 11.7. The molecule has 4 aromatic rings. The Morgan fingerprint density at radius 3 is 1.86 bits per heavy atom. The van der Waals surface area contributed by atoms with Gasteiger partial charge in [-0.2, -0.15) is 16.8 Å². The van der Waals surface area contributed by atoms with E-state index in [4.69, 9.17) is 19.6 Å². The monoisotopic (exact) mass is 621 g/mol. The fourth-order valence-corrected chi connectivity index (χ4v) is 4.28. The van der Waals surface area contributed by atoms with Gasteiger partial charge in [0.15, 0.2) is 0 Å². The smallest absolute Gasteiger partial charge is 0.294 e. The molecule has 2 aromatic heterocycles. The number of aromatic nitrogens is 2. The maximum atomic E-state index is 12.4. The zero-order valence-electron chi connectivity index (χ0n) is 23.6. The number of nitrogens with zero attached hydrogens (tertiary/aromatic N) is 2. The van der Waals surface area contributed by atoms with E-state index in [2.05, 4.69) is 11.9 Å². The van der Waals surface area contributed by atoms with Crippen molar-refractivity contribution >= 4 is 25.9 Å². The van der Waals surface area contributed by atoms with E-state index in [0.717, 1.165) is 41.7 Å². The summed E-state index contributed by atoms with van der Waals surface area (Å²) >= 11 is 0. The third-order valence-corrected chi connectivity index (χ3v) is 7.47. The van der Waals surface area contributed by atoms with Gasteiger partial charge in [0.1, 0.15) is 18.0 Å². The molecular formula is C29H36FN3O7S2. The van der Waals surface area contributed by atoms with Crippen LogP contribution in [0.5, 0.6) is 5.75 Å². The van der Waals surface area contributed by atoms with E-state index in [-0.39, 0.29) is 22.9 Å².